The topological polar surface area (TPSA) is 124 Å². The van der Waals surface area contributed by atoms with E-state index in [4.69, 9.17) is 5.26 Å². The molecule has 146 valence electrons. The van der Waals surface area contributed by atoms with Crippen molar-refractivity contribution >= 4 is 40.1 Å². The molecule has 3 N–H and O–H groups in total. The lowest BCUT2D eigenvalue weighted by atomic mass is 10.1. The minimum Gasteiger partial charge on any atom is -0.478 e. The Bertz CT molecular complexity index is 1190. The van der Waals surface area contributed by atoms with E-state index in [1.807, 2.05) is 6.07 Å². The highest BCUT2D eigenvalue weighted by molar-refractivity contribution is 6.11. The summed E-state index contributed by atoms with van der Waals surface area (Å²) in [5.74, 6) is -2.68. The van der Waals surface area contributed by atoms with Gasteiger partial charge in [-0.1, -0.05) is 12.1 Å². The Balaban J connectivity index is 2.00. The van der Waals surface area contributed by atoms with Gasteiger partial charge in [-0.2, -0.15) is 5.26 Å². The number of anilines is 2. The van der Waals surface area contributed by atoms with Gasteiger partial charge in [0.1, 0.15) is 5.69 Å². The van der Waals surface area contributed by atoms with Gasteiger partial charge < -0.3 is 20.3 Å². The molecule has 1 aromatic heterocycles. The van der Waals surface area contributed by atoms with Gasteiger partial charge in [0.15, 0.2) is 6.67 Å². The Kier molecular flexibility index (Phi) is 5.27. The van der Waals surface area contributed by atoms with Gasteiger partial charge in [0.2, 0.25) is 0 Å². The molecule has 0 unspecified atom stereocenters. The molecule has 0 atom stereocenters. The summed E-state index contributed by atoms with van der Waals surface area (Å²) in [5, 5.41) is 23.9. The number of alkyl halides is 1. The maximum absolute atomic E-state index is 12.8. The Morgan fingerprint density at radius 1 is 1.14 bits per heavy atom. The largest absolute Gasteiger partial charge is 0.478 e. The minimum atomic E-state index is -1.29. The summed E-state index contributed by atoms with van der Waals surface area (Å²) in [4.78, 5) is 35.7. The average molecular weight is 394 g/mol. The summed E-state index contributed by atoms with van der Waals surface area (Å²) in [6.07, 6.45) is 0. The molecule has 0 fully saturated rings. The van der Waals surface area contributed by atoms with Gasteiger partial charge in [-0.3, -0.25) is 9.59 Å². The first-order chi connectivity index (χ1) is 13.8. The Hall–Kier alpha value is -4.19. The Morgan fingerprint density at radius 2 is 1.90 bits per heavy atom. The lowest BCUT2D eigenvalue weighted by Crippen LogP contribution is -2.18. The van der Waals surface area contributed by atoms with Gasteiger partial charge in [-0.25, -0.2) is 9.18 Å². The van der Waals surface area contributed by atoms with Crippen LogP contribution < -0.4 is 10.6 Å². The van der Waals surface area contributed by atoms with Crippen LogP contribution in [0, 0.1) is 11.3 Å². The number of para-hydroxylation sites is 1. The molecule has 0 saturated carbocycles. The van der Waals surface area contributed by atoms with Crippen LogP contribution >= 0.6 is 0 Å². The van der Waals surface area contributed by atoms with Crippen molar-refractivity contribution in [1.29, 1.82) is 5.26 Å². The number of nitriles is 1. The Labute approximate surface area is 164 Å². The molecule has 0 aliphatic rings. The van der Waals surface area contributed by atoms with Gasteiger partial charge in [0.25, 0.3) is 11.8 Å². The zero-order valence-electron chi connectivity index (χ0n) is 15.2. The van der Waals surface area contributed by atoms with Crippen molar-refractivity contribution in [1.82, 2.24) is 4.57 Å². The van der Waals surface area contributed by atoms with Crippen molar-refractivity contribution in [3.8, 4) is 6.07 Å². The quantitative estimate of drug-likeness (QED) is 0.614. The van der Waals surface area contributed by atoms with E-state index in [2.05, 4.69) is 10.6 Å². The molecule has 0 bridgehead atoms. The Morgan fingerprint density at radius 3 is 2.55 bits per heavy atom. The molecule has 0 aliphatic heterocycles. The summed E-state index contributed by atoms with van der Waals surface area (Å²) in [7, 11) is 1.60. The third-order valence-electron chi connectivity index (χ3n) is 4.31. The van der Waals surface area contributed by atoms with Crippen molar-refractivity contribution in [3.05, 3.63) is 59.3 Å². The number of nitrogens with one attached hydrogen (secondary N) is 2. The third kappa shape index (κ3) is 3.77. The number of carbonyl (C=O) groups excluding carboxylic acids is 2. The molecule has 3 aromatic rings. The van der Waals surface area contributed by atoms with Gasteiger partial charge in [0.05, 0.1) is 34.1 Å². The van der Waals surface area contributed by atoms with Crippen LogP contribution in [0.4, 0.5) is 15.8 Å². The standard InChI is InChI=1S/C20H15FN4O4/c1-25-16(8-12-3-2-4-15(18(12)25)23-17(26)9-21)19(27)24-14-6-5-11(10-22)7-13(14)20(28)29/h2-8H,9H2,1H3,(H,23,26)(H,24,27)(H,28,29). The maximum Gasteiger partial charge on any atom is 0.337 e. The lowest BCUT2D eigenvalue weighted by Gasteiger charge is -2.11. The van der Waals surface area contributed by atoms with E-state index in [-0.39, 0.29) is 22.5 Å². The molecule has 0 radical (unpaired) electrons. The number of nitrogens with zero attached hydrogens (tertiary/aromatic N) is 2. The van der Waals surface area contributed by atoms with Crippen molar-refractivity contribution in [2.24, 2.45) is 7.05 Å². The number of aryl methyl sites for hydroxylation is 1. The maximum atomic E-state index is 12.8. The van der Waals surface area contributed by atoms with Crippen LogP contribution in [0.15, 0.2) is 42.5 Å². The first-order valence-electron chi connectivity index (χ1n) is 8.38. The number of carboxylic acids is 1. The predicted octanol–water partition coefficient (Wildman–Crippen LogP) is 2.91. The van der Waals surface area contributed by atoms with E-state index >= 15 is 0 Å². The molecule has 9 heteroatoms. The number of carboxylic acid groups (broad SMARTS) is 1. The summed E-state index contributed by atoms with van der Waals surface area (Å²) in [5.41, 5.74) is 1.03. The lowest BCUT2D eigenvalue weighted by molar-refractivity contribution is -0.117. The molecule has 8 nitrogen and oxygen atoms in total. The van der Waals surface area contributed by atoms with Crippen molar-refractivity contribution in [2.45, 2.75) is 0 Å². The third-order valence-corrected chi connectivity index (χ3v) is 4.31. The van der Waals surface area contributed by atoms with Gasteiger partial charge in [-0.05, 0) is 30.3 Å². The number of benzene rings is 2. The van der Waals surface area contributed by atoms with Crippen LogP contribution in [-0.2, 0) is 11.8 Å². The number of carbonyl (C=O) groups is 3. The van der Waals surface area contributed by atoms with Crippen LogP contribution in [-0.4, -0.2) is 34.1 Å². The summed E-state index contributed by atoms with van der Waals surface area (Å²) in [6.45, 7) is -1.18. The summed E-state index contributed by atoms with van der Waals surface area (Å²) < 4.78 is 14.1. The highest BCUT2D eigenvalue weighted by Gasteiger charge is 2.19. The average Bonchev–Trinajstić information content (AvgIpc) is 3.05. The van der Waals surface area contributed by atoms with Crippen LogP contribution in [0.25, 0.3) is 10.9 Å². The second-order valence-electron chi connectivity index (χ2n) is 6.15. The first kappa shape index (κ1) is 19.6. The highest BCUT2D eigenvalue weighted by Crippen LogP contribution is 2.27. The second kappa shape index (κ2) is 7.82. The normalized spacial score (nSPS) is 10.4. The fourth-order valence-electron chi connectivity index (χ4n) is 3.01. The minimum absolute atomic E-state index is 0.0395. The van der Waals surface area contributed by atoms with Crippen molar-refractivity contribution in [2.75, 3.05) is 17.3 Å². The van der Waals surface area contributed by atoms with E-state index in [0.29, 0.717) is 16.6 Å². The zero-order chi connectivity index (χ0) is 21.1. The number of halogens is 1. The fraction of sp³-hybridized carbons (Fsp3) is 0.100. The number of aromatic carboxylic acids is 1. The van der Waals surface area contributed by atoms with E-state index in [1.54, 1.807) is 31.3 Å². The predicted molar refractivity (Wildman–Crippen MR) is 104 cm³/mol. The molecule has 0 spiro atoms. The molecule has 29 heavy (non-hydrogen) atoms. The van der Waals surface area contributed by atoms with Crippen molar-refractivity contribution < 1.29 is 23.9 Å². The van der Waals surface area contributed by atoms with Gasteiger partial charge in [-0.15, -0.1) is 0 Å². The number of rotatable bonds is 5. The fourth-order valence-corrected chi connectivity index (χ4v) is 3.01. The number of hydrogen-bond donors (Lipinski definition) is 3. The molecule has 2 amide bonds. The van der Waals surface area contributed by atoms with E-state index in [0.717, 1.165) is 0 Å². The molecular formula is C20H15FN4O4. The first-order valence-corrected chi connectivity index (χ1v) is 8.38. The SMILES string of the molecule is Cn1c(C(=O)Nc2ccc(C#N)cc2C(=O)O)cc2cccc(NC(=O)CF)c21. The van der Waals surface area contributed by atoms with E-state index in [1.165, 1.54) is 22.8 Å². The van der Waals surface area contributed by atoms with E-state index in [9.17, 15) is 23.9 Å². The number of aromatic nitrogens is 1. The van der Waals surface area contributed by atoms with Crippen molar-refractivity contribution in [3.63, 3.8) is 0 Å². The second-order valence-corrected chi connectivity index (χ2v) is 6.15. The number of amides is 2. The molecular weight excluding hydrogens is 379 g/mol. The van der Waals surface area contributed by atoms with Crippen LogP contribution in [0.5, 0.6) is 0 Å². The number of hydrogen-bond acceptors (Lipinski definition) is 4. The van der Waals surface area contributed by atoms with Gasteiger partial charge in [0, 0.05) is 12.4 Å². The van der Waals surface area contributed by atoms with Crippen LogP contribution in [0.1, 0.15) is 26.4 Å². The molecule has 0 aliphatic carbocycles. The summed E-state index contributed by atoms with van der Waals surface area (Å²) >= 11 is 0. The molecule has 2 aromatic carbocycles. The molecule has 3 rings (SSSR count). The monoisotopic (exact) mass is 394 g/mol. The van der Waals surface area contributed by atoms with Crippen LogP contribution in [0.3, 0.4) is 0 Å². The van der Waals surface area contributed by atoms with Gasteiger partial charge >= 0.3 is 5.97 Å². The number of fused-ring (bicyclic) bond motifs is 1. The summed E-state index contributed by atoms with van der Waals surface area (Å²) in [6, 6.07) is 12.3. The highest BCUT2D eigenvalue weighted by atomic mass is 19.1. The zero-order valence-corrected chi connectivity index (χ0v) is 15.2. The van der Waals surface area contributed by atoms with Crippen LogP contribution in [0.2, 0.25) is 0 Å². The molecule has 1 heterocycles. The van der Waals surface area contributed by atoms with E-state index < -0.39 is 24.5 Å². The smallest absolute Gasteiger partial charge is 0.337 e. The molecule has 0 saturated heterocycles.